The molecule has 0 radical (unpaired) electrons. The zero-order valence-electron chi connectivity index (χ0n) is 14.5. The van der Waals surface area contributed by atoms with Crippen molar-refractivity contribution in [2.45, 2.75) is 38.0 Å². The van der Waals surface area contributed by atoms with Crippen molar-refractivity contribution >= 4 is 5.82 Å². The summed E-state index contributed by atoms with van der Waals surface area (Å²) in [5, 5.41) is 0. The van der Waals surface area contributed by atoms with Crippen molar-refractivity contribution in [2.75, 3.05) is 24.6 Å². The molecule has 1 aromatic heterocycles. The van der Waals surface area contributed by atoms with Crippen LogP contribution in [0.25, 0.3) is 0 Å². The molecule has 26 heavy (non-hydrogen) atoms. The molecule has 1 saturated heterocycles. The van der Waals surface area contributed by atoms with Crippen molar-refractivity contribution in [1.29, 1.82) is 0 Å². The number of rotatable bonds is 3. The van der Waals surface area contributed by atoms with Crippen molar-refractivity contribution in [3.05, 3.63) is 53.0 Å². The fourth-order valence-electron chi connectivity index (χ4n) is 3.34. The Hall–Kier alpha value is -2.15. The van der Waals surface area contributed by atoms with E-state index in [2.05, 4.69) is 9.97 Å². The predicted octanol–water partition coefficient (Wildman–Crippen LogP) is 4.26. The van der Waals surface area contributed by atoms with Gasteiger partial charge in [-0.1, -0.05) is 18.2 Å². The summed E-state index contributed by atoms with van der Waals surface area (Å²) >= 11 is 0. The Morgan fingerprint density at radius 3 is 2.65 bits per heavy atom. The number of morpholine rings is 1. The van der Waals surface area contributed by atoms with Crippen LogP contribution in [-0.2, 0) is 10.9 Å². The number of anilines is 1. The van der Waals surface area contributed by atoms with E-state index in [1.165, 1.54) is 12.1 Å². The largest absolute Gasteiger partial charge is 0.416 e. The molecule has 1 atom stereocenters. The third-order valence-electron chi connectivity index (χ3n) is 4.80. The van der Waals surface area contributed by atoms with Crippen molar-refractivity contribution < 1.29 is 17.9 Å². The molecule has 0 N–H and O–H groups in total. The normalized spacial score (nSPS) is 21.1. The summed E-state index contributed by atoms with van der Waals surface area (Å²) in [6, 6.07) is 7.52. The summed E-state index contributed by atoms with van der Waals surface area (Å²) in [6.07, 6.45) is -2.82. The van der Waals surface area contributed by atoms with Gasteiger partial charge in [0.1, 0.15) is 17.7 Å². The third kappa shape index (κ3) is 3.53. The fourth-order valence-corrected chi connectivity index (χ4v) is 3.34. The maximum Gasteiger partial charge on any atom is 0.416 e. The lowest BCUT2D eigenvalue weighted by molar-refractivity contribution is -0.139. The van der Waals surface area contributed by atoms with Crippen molar-refractivity contribution in [2.24, 2.45) is 0 Å². The topological polar surface area (TPSA) is 38.2 Å². The Labute approximate surface area is 150 Å². The zero-order valence-corrected chi connectivity index (χ0v) is 14.5. The summed E-state index contributed by atoms with van der Waals surface area (Å²) in [5.74, 6) is 2.05. The van der Waals surface area contributed by atoms with Gasteiger partial charge in [-0.2, -0.15) is 13.2 Å². The smallest absolute Gasteiger partial charge is 0.370 e. The molecular weight excluding hydrogens is 343 g/mol. The minimum absolute atomic E-state index is 0.179. The number of hydrogen-bond acceptors (Lipinski definition) is 4. The maximum atomic E-state index is 13.3. The number of ether oxygens (including phenoxy) is 1. The molecule has 0 bridgehead atoms. The Bertz CT molecular complexity index is 805. The van der Waals surface area contributed by atoms with Crippen LogP contribution in [0.1, 0.15) is 47.5 Å². The zero-order chi connectivity index (χ0) is 18.3. The van der Waals surface area contributed by atoms with Gasteiger partial charge in [0.15, 0.2) is 0 Å². The molecule has 1 saturated carbocycles. The van der Waals surface area contributed by atoms with Gasteiger partial charge in [-0.05, 0) is 31.4 Å². The molecule has 1 unspecified atom stereocenters. The fraction of sp³-hybridized carbons (Fsp3) is 0.474. The number of halogens is 3. The van der Waals surface area contributed by atoms with Gasteiger partial charge in [-0.25, -0.2) is 9.97 Å². The second-order valence-corrected chi connectivity index (χ2v) is 6.89. The summed E-state index contributed by atoms with van der Waals surface area (Å²) in [7, 11) is 0. The molecule has 0 spiro atoms. The average Bonchev–Trinajstić information content (AvgIpc) is 3.46. The highest BCUT2D eigenvalue weighted by Crippen LogP contribution is 2.39. The van der Waals surface area contributed by atoms with Crippen LogP contribution in [-0.4, -0.2) is 29.7 Å². The third-order valence-corrected chi connectivity index (χ3v) is 4.80. The highest BCUT2D eigenvalue weighted by Gasteiger charge is 2.37. The molecule has 0 amide bonds. The van der Waals surface area contributed by atoms with E-state index >= 15 is 0 Å². The van der Waals surface area contributed by atoms with Gasteiger partial charge >= 0.3 is 6.18 Å². The number of aryl methyl sites for hydroxylation is 1. The minimum atomic E-state index is -4.40. The molecule has 4 nitrogen and oxygen atoms in total. The molecule has 2 aromatic rings. The van der Waals surface area contributed by atoms with Gasteiger partial charge in [0.05, 0.1) is 12.2 Å². The molecular formula is C19H20F3N3O. The Morgan fingerprint density at radius 2 is 1.92 bits per heavy atom. The highest BCUT2D eigenvalue weighted by atomic mass is 19.4. The Morgan fingerprint density at radius 1 is 1.15 bits per heavy atom. The second kappa shape index (κ2) is 6.54. The Kier molecular flexibility index (Phi) is 4.34. The van der Waals surface area contributed by atoms with Crippen LogP contribution in [0.3, 0.4) is 0 Å². The SMILES string of the molecule is Cc1cc(N2CCOC(c3ccccc3C(F)(F)F)C2)nc(C2CC2)n1. The van der Waals surface area contributed by atoms with Crippen LogP contribution in [0, 0.1) is 6.92 Å². The van der Waals surface area contributed by atoms with Gasteiger partial charge in [0.2, 0.25) is 0 Å². The number of hydrogen-bond donors (Lipinski definition) is 0. The Balaban J connectivity index is 1.61. The molecule has 1 aromatic carbocycles. The molecule has 1 aliphatic heterocycles. The quantitative estimate of drug-likeness (QED) is 0.817. The highest BCUT2D eigenvalue weighted by molar-refractivity contribution is 5.42. The van der Waals surface area contributed by atoms with E-state index in [-0.39, 0.29) is 5.56 Å². The van der Waals surface area contributed by atoms with Gasteiger partial charge in [0, 0.05) is 30.8 Å². The number of alkyl halides is 3. The summed E-state index contributed by atoms with van der Waals surface area (Å²) < 4.78 is 45.7. The van der Waals surface area contributed by atoms with Crippen LogP contribution in [0.4, 0.5) is 19.0 Å². The molecule has 2 heterocycles. The molecule has 4 rings (SSSR count). The second-order valence-electron chi connectivity index (χ2n) is 6.89. The van der Waals surface area contributed by atoms with Crippen molar-refractivity contribution in [3.63, 3.8) is 0 Å². The van der Waals surface area contributed by atoms with Crippen LogP contribution in [0.5, 0.6) is 0 Å². The van der Waals surface area contributed by atoms with Crippen LogP contribution in [0.2, 0.25) is 0 Å². The number of benzene rings is 1. The first kappa shape index (κ1) is 17.3. The molecule has 2 fully saturated rings. The first-order valence-electron chi connectivity index (χ1n) is 8.80. The lowest BCUT2D eigenvalue weighted by Gasteiger charge is -2.35. The standard InChI is InChI=1S/C19H20F3N3O/c1-12-10-17(24-18(23-12)13-6-7-13)25-8-9-26-16(11-25)14-4-2-3-5-15(14)19(20,21)22/h2-5,10,13,16H,6-9,11H2,1H3. The van der Waals surface area contributed by atoms with E-state index < -0.39 is 17.8 Å². The van der Waals surface area contributed by atoms with Crippen LogP contribution in [0.15, 0.2) is 30.3 Å². The molecule has 2 aliphatic rings. The first-order valence-corrected chi connectivity index (χ1v) is 8.80. The maximum absolute atomic E-state index is 13.3. The summed E-state index contributed by atoms with van der Waals surface area (Å²) in [6.45, 7) is 3.23. The average molecular weight is 363 g/mol. The first-order chi connectivity index (χ1) is 12.4. The van der Waals surface area contributed by atoms with Crippen molar-refractivity contribution in [1.82, 2.24) is 9.97 Å². The van der Waals surface area contributed by atoms with E-state index in [9.17, 15) is 13.2 Å². The van der Waals surface area contributed by atoms with E-state index in [1.54, 1.807) is 6.07 Å². The van der Waals surface area contributed by atoms with Crippen LogP contribution < -0.4 is 4.90 Å². The van der Waals surface area contributed by atoms with E-state index in [1.807, 2.05) is 17.9 Å². The van der Waals surface area contributed by atoms with Gasteiger partial charge in [-0.15, -0.1) is 0 Å². The monoisotopic (exact) mass is 363 g/mol. The number of aromatic nitrogens is 2. The van der Waals surface area contributed by atoms with E-state index in [0.29, 0.717) is 25.6 Å². The number of nitrogens with zero attached hydrogens (tertiary/aromatic N) is 3. The van der Waals surface area contributed by atoms with Gasteiger partial charge in [0.25, 0.3) is 0 Å². The summed E-state index contributed by atoms with van der Waals surface area (Å²) in [4.78, 5) is 11.2. The van der Waals surface area contributed by atoms with Crippen molar-refractivity contribution in [3.8, 4) is 0 Å². The lowest BCUT2D eigenvalue weighted by atomic mass is 10.0. The van der Waals surface area contributed by atoms with E-state index in [0.717, 1.165) is 36.2 Å². The summed E-state index contributed by atoms with van der Waals surface area (Å²) in [5.41, 5.74) is 0.429. The van der Waals surface area contributed by atoms with Gasteiger partial charge < -0.3 is 9.64 Å². The predicted molar refractivity (Wildman–Crippen MR) is 91.1 cm³/mol. The molecule has 7 heteroatoms. The van der Waals surface area contributed by atoms with E-state index in [4.69, 9.17) is 4.74 Å². The van der Waals surface area contributed by atoms with Crippen LogP contribution >= 0.6 is 0 Å². The van der Waals surface area contributed by atoms with Gasteiger partial charge in [-0.3, -0.25) is 0 Å². The molecule has 138 valence electrons. The molecule has 1 aliphatic carbocycles. The minimum Gasteiger partial charge on any atom is -0.370 e. The lowest BCUT2D eigenvalue weighted by Crippen LogP contribution is -2.39.